The molecule has 6 nitrogen and oxygen atoms in total. The predicted octanol–water partition coefficient (Wildman–Crippen LogP) is 4.69. The fourth-order valence-electron chi connectivity index (χ4n) is 4.35. The summed E-state index contributed by atoms with van der Waals surface area (Å²) >= 11 is 0. The number of nitrogens with one attached hydrogen (secondary N) is 1. The summed E-state index contributed by atoms with van der Waals surface area (Å²) in [6.07, 6.45) is 2.62. The van der Waals surface area contributed by atoms with E-state index in [0.29, 0.717) is 19.4 Å². The summed E-state index contributed by atoms with van der Waals surface area (Å²) in [7, 11) is 1.62. The molecule has 4 rings (SSSR count). The molecule has 0 aliphatic heterocycles. The van der Waals surface area contributed by atoms with Crippen molar-refractivity contribution >= 4 is 11.8 Å². The topological polar surface area (TPSA) is 78.9 Å². The molecule has 35 heavy (non-hydrogen) atoms. The van der Waals surface area contributed by atoms with Crippen LogP contribution in [0.25, 0.3) is 0 Å². The number of aryl methyl sites for hydroxylation is 2. The lowest BCUT2D eigenvalue weighted by atomic mass is 9.99. The molecule has 0 aromatic heterocycles. The second kappa shape index (κ2) is 11.1. The minimum absolute atomic E-state index is 0.0473. The number of amides is 2. The van der Waals surface area contributed by atoms with Gasteiger partial charge in [0.1, 0.15) is 17.5 Å². The van der Waals surface area contributed by atoms with Gasteiger partial charge in [-0.1, -0.05) is 48.5 Å². The molecule has 1 unspecified atom stereocenters. The normalized spacial score (nSPS) is 13.7. The summed E-state index contributed by atoms with van der Waals surface area (Å²) in [4.78, 5) is 28.9. The number of aromatic hydroxyl groups is 1. The van der Waals surface area contributed by atoms with E-state index in [0.717, 1.165) is 40.8 Å². The van der Waals surface area contributed by atoms with Gasteiger partial charge in [0, 0.05) is 19.0 Å². The average Bonchev–Trinajstić information content (AvgIpc) is 3.71. The zero-order valence-corrected chi connectivity index (χ0v) is 20.2. The predicted molar refractivity (Wildman–Crippen MR) is 135 cm³/mol. The number of nitrogens with zero attached hydrogens (tertiary/aromatic N) is 1. The standard InChI is InChI=1S/C29H32N2O4/c1-20-18-23(11-16-26(20)35-2)28(29(34)30-19-22-6-4-3-5-7-22)31(24-12-13-24)27(33)17-10-21-8-14-25(32)15-9-21/h3-9,11,14-16,18,24,28,32H,10,12-13,17,19H2,1-2H3,(H,30,34). The largest absolute Gasteiger partial charge is 0.508 e. The van der Waals surface area contributed by atoms with Gasteiger partial charge in [-0.15, -0.1) is 0 Å². The Morgan fingerprint density at radius 2 is 1.74 bits per heavy atom. The molecule has 0 bridgehead atoms. The molecule has 1 atom stereocenters. The molecule has 0 radical (unpaired) electrons. The molecule has 6 heteroatoms. The highest BCUT2D eigenvalue weighted by atomic mass is 16.5. The Bertz CT molecular complexity index is 1160. The smallest absolute Gasteiger partial charge is 0.247 e. The Morgan fingerprint density at radius 3 is 2.37 bits per heavy atom. The van der Waals surface area contributed by atoms with E-state index in [9.17, 15) is 14.7 Å². The van der Waals surface area contributed by atoms with Crippen molar-refractivity contribution in [2.45, 2.75) is 51.2 Å². The zero-order chi connectivity index (χ0) is 24.8. The van der Waals surface area contributed by atoms with Crippen LogP contribution < -0.4 is 10.1 Å². The van der Waals surface area contributed by atoms with Crippen molar-refractivity contribution in [3.63, 3.8) is 0 Å². The first-order chi connectivity index (χ1) is 17.0. The van der Waals surface area contributed by atoms with Crippen LogP contribution in [0.1, 0.15) is 47.6 Å². The SMILES string of the molecule is COc1ccc(C(C(=O)NCc2ccccc2)N(C(=O)CCc2ccc(O)cc2)C2CC2)cc1C. The minimum atomic E-state index is -0.719. The third kappa shape index (κ3) is 6.21. The number of rotatable bonds is 10. The summed E-state index contributed by atoms with van der Waals surface area (Å²) in [6, 6.07) is 21.6. The van der Waals surface area contributed by atoms with Crippen LogP contribution in [0.5, 0.6) is 11.5 Å². The monoisotopic (exact) mass is 472 g/mol. The molecule has 182 valence electrons. The van der Waals surface area contributed by atoms with Crippen molar-refractivity contribution < 1.29 is 19.4 Å². The lowest BCUT2D eigenvalue weighted by molar-refractivity contribution is -0.141. The van der Waals surface area contributed by atoms with E-state index in [4.69, 9.17) is 4.74 Å². The van der Waals surface area contributed by atoms with Crippen LogP contribution >= 0.6 is 0 Å². The molecule has 2 amide bonds. The Balaban J connectivity index is 1.58. The molecule has 0 spiro atoms. The van der Waals surface area contributed by atoms with Gasteiger partial charge in [-0.2, -0.15) is 0 Å². The van der Waals surface area contributed by atoms with Gasteiger partial charge in [-0.3, -0.25) is 9.59 Å². The van der Waals surface area contributed by atoms with E-state index in [1.165, 1.54) is 0 Å². The Labute approximate surface area is 206 Å². The number of carbonyl (C=O) groups is 2. The average molecular weight is 473 g/mol. The fraction of sp³-hybridized carbons (Fsp3) is 0.310. The van der Waals surface area contributed by atoms with Gasteiger partial charge in [-0.05, 0) is 72.7 Å². The van der Waals surface area contributed by atoms with Crippen LogP contribution in [0.3, 0.4) is 0 Å². The number of carbonyl (C=O) groups excluding carboxylic acids is 2. The van der Waals surface area contributed by atoms with Gasteiger partial charge in [0.2, 0.25) is 11.8 Å². The molecule has 1 aliphatic rings. The highest BCUT2D eigenvalue weighted by molar-refractivity contribution is 5.89. The van der Waals surface area contributed by atoms with Gasteiger partial charge in [0.15, 0.2) is 0 Å². The van der Waals surface area contributed by atoms with Gasteiger partial charge in [0.25, 0.3) is 0 Å². The Morgan fingerprint density at radius 1 is 1.03 bits per heavy atom. The van der Waals surface area contributed by atoms with E-state index in [1.807, 2.05) is 67.6 Å². The quantitative estimate of drug-likeness (QED) is 0.449. The molecule has 0 saturated heterocycles. The minimum Gasteiger partial charge on any atom is -0.508 e. The molecule has 3 aromatic rings. The number of phenolic OH excluding ortho intramolecular Hbond substituents is 1. The highest BCUT2D eigenvalue weighted by Crippen LogP contribution is 2.37. The number of hydrogen-bond acceptors (Lipinski definition) is 4. The number of methoxy groups -OCH3 is 1. The maximum atomic E-state index is 13.6. The molecule has 1 aliphatic carbocycles. The number of hydrogen-bond donors (Lipinski definition) is 2. The van der Waals surface area contributed by atoms with E-state index in [2.05, 4.69) is 5.32 Å². The fourth-order valence-corrected chi connectivity index (χ4v) is 4.35. The first-order valence-corrected chi connectivity index (χ1v) is 12.0. The van der Waals surface area contributed by atoms with Crippen LogP contribution in [-0.4, -0.2) is 35.0 Å². The zero-order valence-electron chi connectivity index (χ0n) is 20.2. The van der Waals surface area contributed by atoms with Crippen molar-refractivity contribution in [2.24, 2.45) is 0 Å². The van der Waals surface area contributed by atoms with Crippen molar-refractivity contribution in [3.8, 4) is 11.5 Å². The Kier molecular flexibility index (Phi) is 7.70. The summed E-state index contributed by atoms with van der Waals surface area (Å²) in [5, 5.41) is 12.6. The summed E-state index contributed by atoms with van der Waals surface area (Å²) in [6.45, 7) is 2.33. The third-order valence-electron chi connectivity index (χ3n) is 6.36. The van der Waals surface area contributed by atoms with E-state index in [1.54, 1.807) is 24.1 Å². The molecule has 1 saturated carbocycles. The van der Waals surface area contributed by atoms with Crippen LogP contribution in [0.15, 0.2) is 72.8 Å². The van der Waals surface area contributed by atoms with Crippen LogP contribution in [0, 0.1) is 6.92 Å². The highest BCUT2D eigenvalue weighted by Gasteiger charge is 2.41. The van der Waals surface area contributed by atoms with Gasteiger partial charge in [0.05, 0.1) is 7.11 Å². The molecular weight excluding hydrogens is 440 g/mol. The number of benzene rings is 3. The van der Waals surface area contributed by atoms with Crippen molar-refractivity contribution in [3.05, 3.63) is 95.1 Å². The summed E-state index contributed by atoms with van der Waals surface area (Å²) in [5.41, 5.74) is 3.66. The molecular formula is C29H32N2O4. The molecule has 2 N–H and O–H groups in total. The maximum absolute atomic E-state index is 13.6. The first kappa shape index (κ1) is 24.3. The van der Waals surface area contributed by atoms with E-state index < -0.39 is 6.04 Å². The number of ether oxygens (including phenoxy) is 1. The van der Waals surface area contributed by atoms with Crippen molar-refractivity contribution in [1.82, 2.24) is 10.2 Å². The van der Waals surface area contributed by atoms with Gasteiger partial charge in [-0.25, -0.2) is 0 Å². The molecule has 1 fully saturated rings. The van der Waals surface area contributed by atoms with Gasteiger partial charge < -0.3 is 20.1 Å². The van der Waals surface area contributed by atoms with Gasteiger partial charge >= 0.3 is 0 Å². The van der Waals surface area contributed by atoms with E-state index in [-0.39, 0.29) is 23.6 Å². The van der Waals surface area contributed by atoms with Crippen molar-refractivity contribution in [1.29, 1.82) is 0 Å². The molecule has 3 aromatic carbocycles. The summed E-state index contributed by atoms with van der Waals surface area (Å²) in [5.74, 6) is 0.704. The summed E-state index contributed by atoms with van der Waals surface area (Å²) < 4.78 is 5.41. The van der Waals surface area contributed by atoms with Crippen LogP contribution in [0.4, 0.5) is 0 Å². The van der Waals surface area contributed by atoms with Crippen molar-refractivity contribution in [2.75, 3.05) is 7.11 Å². The second-order valence-electron chi connectivity index (χ2n) is 9.03. The Hall–Kier alpha value is -3.80. The maximum Gasteiger partial charge on any atom is 0.247 e. The second-order valence-corrected chi connectivity index (χ2v) is 9.03. The van der Waals surface area contributed by atoms with Crippen LogP contribution in [0.2, 0.25) is 0 Å². The molecule has 0 heterocycles. The third-order valence-corrected chi connectivity index (χ3v) is 6.36. The first-order valence-electron chi connectivity index (χ1n) is 12.0. The van der Waals surface area contributed by atoms with E-state index >= 15 is 0 Å². The lowest BCUT2D eigenvalue weighted by Crippen LogP contribution is -2.45. The lowest BCUT2D eigenvalue weighted by Gasteiger charge is -2.32. The number of phenols is 1. The van der Waals surface area contributed by atoms with Crippen LogP contribution in [-0.2, 0) is 22.6 Å².